The van der Waals surface area contributed by atoms with Crippen LogP contribution in [0.2, 0.25) is 0 Å². The van der Waals surface area contributed by atoms with Crippen LogP contribution in [0.15, 0.2) is 18.2 Å². The van der Waals surface area contributed by atoms with Crippen molar-refractivity contribution < 1.29 is 4.39 Å². The van der Waals surface area contributed by atoms with Gasteiger partial charge in [-0.05, 0) is 43.0 Å². The first kappa shape index (κ1) is 14.1. The maximum atomic E-state index is 13.2. The van der Waals surface area contributed by atoms with E-state index in [0.29, 0.717) is 0 Å². The summed E-state index contributed by atoms with van der Waals surface area (Å²) in [5.74, 6) is 5.38. The lowest BCUT2D eigenvalue weighted by atomic mass is 9.97. The van der Waals surface area contributed by atoms with Crippen molar-refractivity contribution in [3.63, 3.8) is 0 Å². The summed E-state index contributed by atoms with van der Waals surface area (Å²) in [4.78, 5) is 0. The number of nitrogens with two attached hydrogens (primary N) is 1. The summed E-state index contributed by atoms with van der Waals surface area (Å²) in [5.41, 5.74) is 5.01. The van der Waals surface area contributed by atoms with Gasteiger partial charge in [0.1, 0.15) is 5.82 Å². The predicted octanol–water partition coefficient (Wildman–Crippen LogP) is 3.09. The average Bonchev–Trinajstić information content (AvgIpc) is 2.32. The quantitative estimate of drug-likeness (QED) is 0.435. The van der Waals surface area contributed by atoms with Crippen LogP contribution in [-0.2, 0) is 6.42 Å². The number of hydrogen-bond acceptors (Lipinski definition) is 2. The number of benzene rings is 1. The van der Waals surface area contributed by atoms with Crippen LogP contribution in [0.5, 0.6) is 0 Å². The molecule has 0 aromatic heterocycles. The summed E-state index contributed by atoms with van der Waals surface area (Å²) < 4.78 is 13.2. The lowest BCUT2D eigenvalue weighted by Crippen LogP contribution is -2.36. The van der Waals surface area contributed by atoms with Gasteiger partial charge in [-0.1, -0.05) is 32.3 Å². The second kappa shape index (κ2) is 7.41. The molecule has 0 spiro atoms. The van der Waals surface area contributed by atoms with E-state index in [1.165, 1.54) is 25.3 Å². The minimum atomic E-state index is -0.171. The summed E-state index contributed by atoms with van der Waals surface area (Å²) >= 11 is 0. The number of hydrogen-bond donors (Lipinski definition) is 2. The summed E-state index contributed by atoms with van der Waals surface area (Å²) in [6.45, 7) is 4.19. The Morgan fingerprint density at radius 3 is 2.76 bits per heavy atom. The van der Waals surface area contributed by atoms with Crippen LogP contribution < -0.4 is 11.3 Å². The van der Waals surface area contributed by atoms with Crippen LogP contribution in [0, 0.1) is 12.7 Å². The van der Waals surface area contributed by atoms with E-state index in [1.54, 1.807) is 6.07 Å². The minimum absolute atomic E-state index is 0.171. The standard InChI is InChI=1S/C14H23FN2/c1-3-4-5-6-14(17-16)10-12-9-13(15)8-7-11(12)2/h7-9,14,17H,3-6,10,16H2,1-2H3. The Balaban J connectivity index is 2.57. The topological polar surface area (TPSA) is 38.0 Å². The van der Waals surface area contributed by atoms with E-state index < -0.39 is 0 Å². The summed E-state index contributed by atoms with van der Waals surface area (Å²) in [7, 11) is 0. The molecule has 1 aromatic carbocycles. The van der Waals surface area contributed by atoms with E-state index in [4.69, 9.17) is 5.84 Å². The predicted molar refractivity (Wildman–Crippen MR) is 70.1 cm³/mol. The molecule has 3 N–H and O–H groups in total. The third-order valence-electron chi connectivity index (χ3n) is 3.17. The van der Waals surface area contributed by atoms with Gasteiger partial charge in [0.2, 0.25) is 0 Å². The molecule has 1 atom stereocenters. The largest absolute Gasteiger partial charge is 0.271 e. The first-order valence-electron chi connectivity index (χ1n) is 6.38. The van der Waals surface area contributed by atoms with Gasteiger partial charge in [-0.25, -0.2) is 4.39 Å². The Morgan fingerprint density at radius 1 is 1.35 bits per heavy atom. The van der Waals surface area contributed by atoms with Gasteiger partial charge in [-0.3, -0.25) is 11.3 Å². The van der Waals surface area contributed by atoms with Gasteiger partial charge in [0, 0.05) is 6.04 Å². The molecular weight excluding hydrogens is 215 g/mol. The molecule has 3 heteroatoms. The SMILES string of the molecule is CCCCCC(Cc1cc(F)ccc1C)NN. The number of unbranched alkanes of at least 4 members (excludes halogenated alkanes) is 2. The lowest BCUT2D eigenvalue weighted by Gasteiger charge is -2.17. The van der Waals surface area contributed by atoms with Crippen molar-refractivity contribution in [1.82, 2.24) is 5.43 Å². The van der Waals surface area contributed by atoms with E-state index in [1.807, 2.05) is 13.0 Å². The molecule has 0 saturated carbocycles. The molecule has 1 unspecified atom stereocenters. The first-order chi connectivity index (χ1) is 8.17. The van der Waals surface area contributed by atoms with Crippen LogP contribution in [-0.4, -0.2) is 6.04 Å². The monoisotopic (exact) mass is 238 g/mol. The Bertz CT molecular complexity index is 339. The van der Waals surface area contributed by atoms with Gasteiger partial charge in [0.15, 0.2) is 0 Å². The molecule has 0 bridgehead atoms. The summed E-state index contributed by atoms with van der Waals surface area (Å²) in [6.07, 6.45) is 5.43. The van der Waals surface area contributed by atoms with E-state index in [0.717, 1.165) is 24.0 Å². The fourth-order valence-corrected chi connectivity index (χ4v) is 2.01. The number of nitrogens with one attached hydrogen (secondary N) is 1. The van der Waals surface area contributed by atoms with Crippen LogP contribution in [0.1, 0.15) is 43.7 Å². The van der Waals surface area contributed by atoms with Crippen LogP contribution in [0.3, 0.4) is 0 Å². The van der Waals surface area contributed by atoms with Crippen molar-refractivity contribution in [2.24, 2.45) is 5.84 Å². The Morgan fingerprint density at radius 2 is 2.12 bits per heavy atom. The highest BCUT2D eigenvalue weighted by Crippen LogP contribution is 2.15. The van der Waals surface area contributed by atoms with Gasteiger partial charge >= 0.3 is 0 Å². The number of hydrazine groups is 1. The van der Waals surface area contributed by atoms with Crippen LogP contribution >= 0.6 is 0 Å². The second-order valence-electron chi connectivity index (χ2n) is 4.63. The molecule has 96 valence electrons. The number of aryl methyl sites for hydroxylation is 1. The third kappa shape index (κ3) is 4.84. The van der Waals surface area contributed by atoms with Gasteiger partial charge < -0.3 is 0 Å². The van der Waals surface area contributed by atoms with Crippen molar-refractivity contribution >= 4 is 0 Å². The molecule has 0 amide bonds. The van der Waals surface area contributed by atoms with Crippen LogP contribution in [0.4, 0.5) is 4.39 Å². The maximum absolute atomic E-state index is 13.2. The van der Waals surface area contributed by atoms with E-state index in [9.17, 15) is 4.39 Å². The number of halogens is 1. The van der Waals surface area contributed by atoms with Crippen molar-refractivity contribution in [3.05, 3.63) is 35.1 Å². The van der Waals surface area contributed by atoms with Crippen molar-refractivity contribution in [2.75, 3.05) is 0 Å². The molecule has 2 nitrogen and oxygen atoms in total. The fourth-order valence-electron chi connectivity index (χ4n) is 2.01. The average molecular weight is 238 g/mol. The molecule has 0 fully saturated rings. The van der Waals surface area contributed by atoms with E-state index in [-0.39, 0.29) is 11.9 Å². The highest BCUT2D eigenvalue weighted by Gasteiger charge is 2.09. The van der Waals surface area contributed by atoms with E-state index in [2.05, 4.69) is 12.3 Å². The molecule has 1 aromatic rings. The lowest BCUT2D eigenvalue weighted by molar-refractivity contribution is 0.465. The van der Waals surface area contributed by atoms with Crippen LogP contribution in [0.25, 0.3) is 0 Å². The Hall–Kier alpha value is -0.930. The molecule has 0 aliphatic carbocycles. The van der Waals surface area contributed by atoms with Crippen molar-refractivity contribution in [3.8, 4) is 0 Å². The molecule has 0 aliphatic rings. The summed E-state index contributed by atoms with van der Waals surface area (Å²) in [5, 5.41) is 0. The van der Waals surface area contributed by atoms with Gasteiger partial charge in [0.05, 0.1) is 0 Å². The molecule has 0 radical (unpaired) electrons. The van der Waals surface area contributed by atoms with Gasteiger partial charge in [0.25, 0.3) is 0 Å². The van der Waals surface area contributed by atoms with E-state index >= 15 is 0 Å². The molecule has 0 saturated heterocycles. The number of rotatable bonds is 7. The molecule has 17 heavy (non-hydrogen) atoms. The summed E-state index contributed by atoms with van der Waals surface area (Å²) in [6, 6.07) is 5.17. The molecule has 0 aliphatic heterocycles. The highest BCUT2D eigenvalue weighted by molar-refractivity contribution is 5.27. The normalized spacial score (nSPS) is 12.7. The van der Waals surface area contributed by atoms with Gasteiger partial charge in [-0.2, -0.15) is 0 Å². The molecule has 1 rings (SSSR count). The maximum Gasteiger partial charge on any atom is 0.123 e. The first-order valence-corrected chi connectivity index (χ1v) is 6.38. The van der Waals surface area contributed by atoms with Gasteiger partial charge in [-0.15, -0.1) is 0 Å². The second-order valence-corrected chi connectivity index (χ2v) is 4.63. The van der Waals surface area contributed by atoms with Crippen molar-refractivity contribution in [1.29, 1.82) is 0 Å². The highest BCUT2D eigenvalue weighted by atomic mass is 19.1. The van der Waals surface area contributed by atoms with Crippen molar-refractivity contribution in [2.45, 2.75) is 52.0 Å². The zero-order valence-corrected chi connectivity index (χ0v) is 10.8. The fraction of sp³-hybridized carbons (Fsp3) is 0.571. The zero-order chi connectivity index (χ0) is 12.7. The Labute approximate surface area is 103 Å². The third-order valence-corrected chi connectivity index (χ3v) is 3.17. The Kier molecular flexibility index (Phi) is 6.16. The molecular formula is C14H23FN2. The molecule has 0 heterocycles. The smallest absolute Gasteiger partial charge is 0.123 e. The zero-order valence-electron chi connectivity index (χ0n) is 10.8. The minimum Gasteiger partial charge on any atom is -0.271 e.